The van der Waals surface area contributed by atoms with E-state index in [1.54, 1.807) is 23.5 Å². The van der Waals surface area contributed by atoms with Crippen molar-refractivity contribution in [3.8, 4) is 0 Å². The number of hydrogen-bond acceptors (Lipinski definition) is 4. The number of benzene rings is 1. The van der Waals surface area contributed by atoms with Gasteiger partial charge in [0.25, 0.3) is 0 Å². The molecule has 0 spiro atoms. The molecule has 2 aromatic rings. The fourth-order valence-corrected chi connectivity index (χ4v) is 3.17. The highest BCUT2D eigenvalue weighted by atomic mass is 35.5. The van der Waals surface area contributed by atoms with Crippen LogP contribution < -0.4 is 5.32 Å². The molecule has 3 nitrogen and oxygen atoms in total. The average Bonchev–Trinajstić information content (AvgIpc) is 2.97. The Morgan fingerprint density at radius 1 is 1.38 bits per heavy atom. The highest BCUT2D eigenvalue weighted by Gasteiger charge is 2.13. The predicted molar refractivity (Wildman–Crippen MR) is 88.5 cm³/mol. The lowest BCUT2D eigenvalue weighted by Gasteiger charge is -2.15. The number of esters is 1. The lowest BCUT2D eigenvalue weighted by atomic mass is 10.1. The lowest BCUT2D eigenvalue weighted by Crippen LogP contribution is -2.07. The van der Waals surface area contributed by atoms with Crippen LogP contribution in [0.15, 0.2) is 30.3 Å². The van der Waals surface area contributed by atoms with E-state index >= 15 is 0 Å². The summed E-state index contributed by atoms with van der Waals surface area (Å²) in [4.78, 5) is 14.3. The Kier molecular flexibility index (Phi) is 5.26. The van der Waals surface area contributed by atoms with Crippen LogP contribution in [0.25, 0.3) is 0 Å². The van der Waals surface area contributed by atoms with Crippen molar-refractivity contribution in [2.45, 2.75) is 26.3 Å². The second-order valence-corrected chi connectivity index (χ2v) is 6.32. The van der Waals surface area contributed by atoms with Gasteiger partial charge in [0, 0.05) is 15.4 Å². The molecule has 5 heteroatoms. The molecule has 1 unspecified atom stereocenters. The van der Waals surface area contributed by atoms with E-state index in [9.17, 15) is 4.79 Å². The molecule has 1 N–H and O–H groups in total. The zero-order valence-electron chi connectivity index (χ0n) is 12.3. The molecule has 1 aromatic heterocycles. The maximum atomic E-state index is 11.7. The van der Waals surface area contributed by atoms with Crippen LogP contribution in [0.4, 0.5) is 5.69 Å². The average molecular weight is 324 g/mol. The number of anilines is 1. The fraction of sp³-hybridized carbons (Fsp3) is 0.312. The summed E-state index contributed by atoms with van der Waals surface area (Å²) in [7, 11) is 1.35. The minimum atomic E-state index is -0.430. The molecular weight excluding hydrogens is 306 g/mol. The lowest BCUT2D eigenvalue weighted by molar-refractivity contribution is 0.0601. The standard InChI is InChI=1S/C16H18ClNO2S/c1-4-12-6-8-15(21-12)10(2)18-11-5-7-14(17)13(9-11)16(19)20-3/h5-10,18H,4H2,1-3H3. The molecule has 21 heavy (non-hydrogen) atoms. The Bertz CT molecular complexity index is 639. The third kappa shape index (κ3) is 3.77. The van der Waals surface area contributed by atoms with Gasteiger partial charge in [-0.1, -0.05) is 18.5 Å². The number of hydrogen-bond donors (Lipinski definition) is 1. The molecule has 0 bridgehead atoms. The van der Waals surface area contributed by atoms with Gasteiger partial charge in [0.15, 0.2) is 0 Å². The van der Waals surface area contributed by atoms with Gasteiger partial charge in [-0.15, -0.1) is 11.3 Å². The molecule has 112 valence electrons. The first-order chi connectivity index (χ1) is 10.0. The molecule has 0 amide bonds. The van der Waals surface area contributed by atoms with E-state index in [0.717, 1.165) is 12.1 Å². The van der Waals surface area contributed by atoms with Gasteiger partial charge in [0.2, 0.25) is 0 Å². The Morgan fingerprint density at radius 2 is 2.14 bits per heavy atom. The third-order valence-corrected chi connectivity index (χ3v) is 4.95. The van der Waals surface area contributed by atoms with Crippen LogP contribution in [0.5, 0.6) is 0 Å². The van der Waals surface area contributed by atoms with Gasteiger partial charge in [-0.2, -0.15) is 0 Å². The molecule has 2 rings (SSSR count). The Morgan fingerprint density at radius 3 is 2.76 bits per heavy atom. The number of nitrogens with one attached hydrogen (secondary N) is 1. The number of ether oxygens (including phenoxy) is 1. The second kappa shape index (κ2) is 6.96. The van der Waals surface area contributed by atoms with E-state index in [1.165, 1.54) is 16.9 Å². The fourth-order valence-electron chi connectivity index (χ4n) is 2.02. The van der Waals surface area contributed by atoms with Gasteiger partial charge in [-0.25, -0.2) is 4.79 Å². The summed E-state index contributed by atoms with van der Waals surface area (Å²) in [6.07, 6.45) is 1.05. The molecule has 0 saturated carbocycles. The number of carbonyl (C=O) groups excluding carboxylic acids is 1. The third-order valence-electron chi connectivity index (χ3n) is 3.21. The number of carbonyl (C=O) groups is 1. The smallest absolute Gasteiger partial charge is 0.339 e. The second-order valence-electron chi connectivity index (χ2n) is 4.71. The molecular formula is C16H18ClNO2S. The summed E-state index contributed by atoms with van der Waals surface area (Å²) < 4.78 is 4.73. The van der Waals surface area contributed by atoms with Crippen LogP contribution in [0.1, 0.15) is 40.0 Å². The summed E-state index contributed by atoms with van der Waals surface area (Å²) in [5, 5.41) is 3.78. The van der Waals surface area contributed by atoms with Gasteiger partial charge in [0.1, 0.15) is 0 Å². The monoisotopic (exact) mass is 323 g/mol. The van der Waals surface area contributed by atoms with Crippen LogP contribution in [0.3, 0.4) is 0 Å². The van der Waals surface area contributed by atoms with Crippen molar-refractivity contribution in [2.75, 3.05) is 12.4 Å². The van der Waals surface area contributed by atoms with E-state index in [2.05, 4.69) is 31.3 Å². The molecule has 0 aliphatic carbocycles. The topological polar surface area (TPSA) is 38.3 Å². The van der Waals surface area contributed by atoms with Crippen LogP contribution in [-0.4, -0.2) is 13.1 Å². The molecule has 1 atom stereocenters. The quantitative estimate of drug-likeness (QED) is 0.793. The molecule has 0 aliphatic rings. The summed E-state index contributed by atoms with van der Waals surface area (Å²) >= 11 is 7.82. The maximum absolute atomic E-state index is 11.7. The highest BCUT2D eigenvalue weighted by Crippen LogP contribution is 2.28. The van der Waals surface area contributed by atoms with E-state index < -0.39 is 5.97 Å². The summed E-state index contributed by atoms with van der Waals surface area (Å²) in [6, 6.07) is 9.74. The minimum absolute atomic E-state index is 0.168. The van der Waals surface area contributed by atoms with Crippen molar-refractivity contribution < 1.29 is 9.53 Å². The number of methoxy groups -OCH3 is 1. The SMILES string of the molecule is CCc1ccc(C(C)Nc2ccc(Cl)c(C(=O)OC)c2)s1. The van der Waals surface area contributed by atoms with Crippen molar-refractivity contribution >= 4 is 34.6 Å². The molecule has 0 fully saturated rings. The summed E-state index contributed by atoms with van der Waals surface area (Å²) in [6.45, 7) is 4.24. The molecule has 0 aliphatic heterocycles. The van der Waals surface area contributed by atoms with Crippen molar-refractivity contribution in [2.24, 2.45) is 0 Å². The van der Waals surface area contributed by atoms with Crippen LogP contribution in [0, 0.1) is 0 Å². The van der Waals surface area contributed by atoms with Gasteiger partial charge < -0.3 is 10.1 Å². The minimum Gasteiger partial charge on any atom is -0.465 e. The van der Waals surface area contributed by atoms with E-state index in [-0.39, 0.29) is 6.04 Å². The predicted octanol–water partition coefficient (Wildman–Crippen LogP) is 4.92. The first kappa shape index (κ1) is 15.9. The number of aryl methyl sites for hydroxylation is 1. The molecule has 1 aromatic carbocycles. The summed E-state index contributed by atoms with van der Waals surface area (Å²) in [5.74, 6) is -0.430. The Balaban J connectivity index is 2.17. The van der Waals surface area contributed by atoms with Gasteiger partial charge in [0.05, 0.1) is 23.7 Å². The van der Waals surface area contributed by atoms with Crippen molar-refractivity contribution in [1.29, 1.82) is 0 Å². The first-order valence-corrected chi connectivity index (χ1v) is 7.97. The number of halogens is 1. The summed E-state index contributed by atoms with van der Waals surface area (Å²) in [5.41, 5.74) is 1.22. The van der Waals surface area contributed by atoms with Crippen molar-refractivity contribution in [3.63, 3.8) is 0 Å². The van der Waals surface area contributed by atoms with Gasteiger partial charge in [-0.3, -0.25) is 0 Å². The zero-order chi connectivity index (χ0) is 15.4. The normalized spacial score (nSPS) is 12.0. The van der Waals surface area contributed by atoms with E-state index in [1.807, 2.05) is 6.07 Å². The van der Waals surface area contributed by atoms with E-state index in [4.69, 9.17) is 16.3 Å². The van der Waals surface area contributed by atoms with Crippen LogP contribution in [-0.2, 0) is 11.2 Å². The van der Waals surface area contributed by atoms with Crippen LogP contribution >= 0.6 is 22.9 Å². The number of rotatable bonds is 5. The molecule has 0 radical (unpaired) electrons. The zero-order valence-corrected chi connectivity index (χ0v) is 13.8. The Labute approximate surface area is 133 Å². The largest absolute Gasteiger partial charge is 0.465 e. The van der Waals surface area contributed by atoms with Crippen LogP contribution in [0.2, 0.25) is 5.02 Å². The van der Waals surface area contributed by atoms with Gasteiger partial charge in [-0.05, 0) is 43.7 Å². The van der Waals surface area contributed by atoms with Crippen molar-refractivity contribution in [3.05, 3.63) is 50.7 Å². The molecule has 0 saturated heterocycles. The van der Waals surface area contributed by atoms with Crippen molar-refractivity contribution in [1.82, 2.24) is 0 Å². The molecule has 1 heterocycles. The van der Waals surface area contributed by atoms with E-state index in [0.29, 0.717) is 10.6 Å². The van der Waals surface area contributed by atoms with Gasteiger partial charge >= 0.3 is 5.97 Å². The Hall–Kier alpha value is -1.52. The highest BCUT2D eigenvalue weighted by molar-refractivity contribution is 7.12. The number of thiophene rings is 1. The maximum Gasteiger partial charge on any atom is 0.339 e. The first-order valence-electron chi connectivity index (χ1n) is 6.78.